The summed E-state index contributed by atoms with van der Waals surface area (Å²) < 4.78 is 0. The lowest BCUT2D eigenvalue weighted by Gasteiger charge is -1.99. The largest absolute Gasteiger partial charge is 0.506 e. The number of nitrogens with zero attached hydrogens (tertiary/aromatic N) is 2. The monoisotopic (exact) mass is 226 g/mol. The van der Waals surface area contributed by atoms with Crippen molar-refractivity contribution in [2.24, 2.45) is 10.2 Å². The fourth-order valence-corrected chi connectivity index (χ4v) is 1.36. The Kier molecular flexibility index (Phi) is 3.25. The third-order valence-corrected chi connectivity index (χ3v) is 2.19. The van der Waals surface area contributed by atoms with Crippen molar-refractivity contribution >= 4 is 17.7 Å². The van der Waals surface area contributed by atoms with Crippen molar-refractivity contribution in [1.29, 1.82) is 0 Å². The summed E-state index contributed by atoms with van der Waals surface area (Å²) in [6, 6.07) is 13.7. The smallest absolute Gasteiger partial charge is 0.152 e. The summed E-state index contributed by atoms with van der Waals surface area (Å²) in [5.41, 5.74) is 1.16. The Morgan fingerprint density at radius 3 is 2.41 bits per heavy atom. The van der Waals surface area contributed by atoms with Crippen molar-refractivity contribution in [3.63, 3.8) is 0 Å². The number of aldehydes is 1. The summed E-state index contributed by atoms with van der Waals surface area (Å²) in [4.78, 5) is 10.8. The lowest BCUT2D eigenvalue weighted by molar-refractivity contribution is 0.112. The van der Waals surface area contributed by atoms with Crippen LogP contribution in [0.15, 0.2) is 58.8 Å². The highest BCUT2D eigenvalue weighted by Gasteiger charge is 2.05. The summed E-state index contributed by atoms with van der Waals surface area (Å²) in [6.45, 7) is 0. The lowest BCUT2D eigenvalue weighted by Crippen LogP contribution is -1.80. The van der Waals surface area contributed by atoms with Crippen LogP contribution in [0.5, 0.6) is 5.75 Å². The number of phenols is 1. The zero-order chi connectivity index (χ0) is 12.1. The van der Waals surface area contributed by atoms with Gasteiger partial charge in [-0.1, -0.05) is 24.3 Å². The van der Waals surface area contributed by atoms with Crippen LogP contribution in [0, 0.1) is 0 Å². The molecule has 0 aliphatic rings. The van der Waals surface area contributed by atoms with Gasteiger partial charge in [0.05, 0.1) is 5.69 Å². The third-order valence-electron chi connectivity index (χ3n) is 2.19. The van der Waals surface area contributed by atoms with Crippen LogP contribution in [0.4, 0.5) is 11.4 Å². The number of carbonyl (C=O) groups is 1. The standard InChI is InChI=1S/C13H10N2O2/c16-9-10-5-4-8-12(17)13(10)15-14-11-6-2-1-3-7-11/h1-9,17H. The first-order valence-corrected chi connectivity index (χ1v) is 5.05. The molecule has 17 heavy (non-hydrogen) atoms. The molecule has 4 nitrogen and oxygen atoms in total. The second kappa shape index (κ2) is 5.03. The summed E-state index contributed by atoms with van der Waals surface area (Å²) in [5, 5.41) is 17.4. The number of aromatic hydroxyl groups is 1. The van der Waals surface area contributed by atoms with Gasteiger partial charge in [-0.3, -0.25) is 4.79 Å². The van der Waals surface area contributed by atoms with Crippen molar-refractivity contribution in [1.82, 2.24) is 0 Å². The van der Waals surface area contributed by atoms with E-state index in [9.17, 15) is 9.90 Å². The third kappa shape index (κ3) is 2.55. The number of azo groups is 1. The van der Waals surface area contributed by atoms with E-state index in [2.05, 4.69) is 10.2 Å². The van der Waals surface area contributed by atoms with Crippen LogP contribution in [0.2, 0.25) is 0 Å². The fraction of sp³-hybridized carbons (Fsp3) is 0. The van der Waals surface area contributed by atoms with E-state index < -0.39 is 0 Å². The van der Waals surface area contributed by atoms with E-state index in [4.69, 9.17) is 0 Å². The van der Waals surface area contributed by atoms with E-state index in [1.54, 1.807) is 24.3 Å². The average Bonchev–Trinajstić information content (AvgIpc) is 2.38. The molecule has 4 heteroatoms. The highest BCUT2D eigenvalue weighted by molar-refractivity contribution is 5.85. The van der Waals surface area contributed by atoms with Crippen LogP contribution in [-0.2, 0) is 0 Å². The van der Waals surface area contributed by atoms with Crippen LogP contribution < -0.4 is 0 Å². The molecule has 0 heterocycles. The molecule has 2 aromatic rings. The Morgan fingerprint density at radius 2 is 1.71 bits per heavy atom. The minimum absolute atomic E-state index is 0.0609. The maximum atomic E-state index is 10.8. The van der Waals surface area contributed by atoms with Gasteiger partial charge in [0.1, 0.15) is 11.4 Å². The van der Waals surface area contributed by atoms with Gasteiger partial charge in [-0.05, 0) is 24.3 Å². The Bertz CT molecular complexity index is 551. The number of rotatable bonds is 3. The van der Waals surface area contributed by atoms with Gasteiger partial charge in [-0.2, -0.15) is 5.11 Å². The molecule has 0 aromatic heterocycles. The first-order valence-electron chi connectivity index (χ1n) is 5.05. The number of carbonyl (C=O) groups excluding carboxylic acids is 1. The number of hydrogen-bond donors (Lipinski definition) is 1. The maximum Gasteiger partial charge on any atom is 0.152 e. The normalized spacial score (nSPS) is 10.6. The molecule has 0 saturated heterocycles. The van der Waals surface area contributed by atoms with Crippen molar-refractivity contribution < 1.29 is 9.90 Å². The van der Waals surface area contributed by atoms with Gasteiger partial charge >= 0.3 is 0 Å². The number of phenolic OH excluding ortho intramolecular Hbond substituents is 1. The molecule has 2 rings (SSSR count). The SMILES string of the molecule is O=Cc1cccc(O)c1N=Nc1ccccc1. The Labute approximate surface area is 98.3 Å². The lowest BCUT2D eigenvalue weighted by atomic mass is 10.2. The van der Waals surface area contributed by atoms with E-state index in [0.717, 1.165) is 0 Å². The second-order valence-corrected chi connectivity index (χ2v) is 3.37. The zero-order valence-electron chi connectivity index (χ0n) is 8.95. The highest BCUT2D eigenvalue weighted by Crippen LogP contribution is 2.30. The van der Waals surface area contributed by atoms with Crippen LogP contribution in [0.3, 0.4) is 0 Å². The quantitative estimate of drug-likeness (QED) is 0.641. The van der Waals surface area contributed by atoms with Crippen molar-refractivity contribution in [3.8, 4) is 5.75 Å². The average molecular weight is 226 g/mol. The molecule has 0 saturated carbocycles. The van der Waals surface area contributed by atoms with Crippen LogP contribution in [0.25, 0.3) is 0 Å². The van der Waals surface area contributed by atoms with E-state index in [1.807, 2.05) is 18.2 Å². The van der Waals surface area contributed by atoms with E-state index in [1.165, 1.54) is 6.07 Å². The molecule has 84 valence electrons. The molecule has 1 N–H and O–H groups in total. The number of hydrogen-bond acceptors (Lipinski definition) is 4. The molecule has 0 unspecified atom stereocenters. The topological polar surface area (TPSA) is 62.0 Å². The van der Waals surface area contributed by atoms with Gasteiger partial charge in [-0.15, -0.1) is 5.11 Å². The fourth-order valence-electron chi connectivity index (χ4n) is 1.36. The van der Waals surface area contributed by atoms with Crippen LogP contribution in [0.1, 0.15) is 10.4 Å². The minimum atomic E-state index is -0.0609. The molecule has 0 amide bonds. The first-order chi connectivity index (χ1) is 8.31. The number of benzene rings is 2. The molecule has 2 aromatic carbocycles. The summed E-state index contributed by atoms with van der Waals surface area (Å²) in [6.07, 6.45) is 0.638. The van der Waals surface area contributed by atoms with Crippen molar-refractivity contribution in [3.05, 3.63) is 54.1 Å². The summed E-state index contributed by atoms with van der Waals surface area (Å²) >= 11 is 0. The highest BCUT2D eigenvalue weighted by atomic mass is 16.3. The summed E-state index contributed by atoms with van der Waals surface area (Å²) in [5.74, 6) is -0.0609. The Balaban J connectivity index is 2.36. The molecular weight excluding hydrogens is 216 g/mol. The first kappa shape index (κ1) is 11.0. The van der Waals surface area contributed by atoms with Crippen LogP contribution >= 0.6 is 0 Å². The molecule has 0 radical (unpaired) electrons. The summed E-state index contributed by atoms with van der Waals surface area (Å²) in [7, 11) is 0. The molecule has 0 bridgehead atoms. The Hall–Kier alpha value is -2.49. The molecular formula is C13H10N2O2. The minimum Gasteiger partial charge on any atom is -0.506 e. The van der Waals surface area contributed by atoms with Crippen molar-refractivity contribution in [2.45, 2.75) is 0 Å². The van der Waals surface area contributed by atoms with Crippen molar-refractivity contribution in [2.75, 3.05) is 0 Å². The molecule has 0 aliphatic carbocycles. The van der Waals surface area contributed by atoms with Gasteiger partial charge in [0.15, 0.2) is 6.29 Å². The Morgan fingerprint density at radius 1 is 0.941 bits per heavy atom. The predicted octanol–water partition coefficient (Wildman–Crippen LogP) is 3.62. The van der Waals surface area contributed by atoms with E-state index in [-0.39, 0.29) is 11.4 Å². The molecule has 0 fully saturated rings. The van der Waals surface area contributed by atoms with Gasteiger partial charge in [0.2, 0.25) is 0 Å². The molecule has 0 aliphatic heterocycles. The predicted molar refractivity (Wildman–Crippen MR) is 64.1 cm³/mol. The zero-order valence-corrected chi connectivity index (χ0v) is 8.95. The van der Waals surface area contributed by atoms with Gasteiger partial charge in [0, 0.05) is 5.56 Å². The molecule has 0 atom stereocenters. The van der Waals surface area contributed by atoms with Gasteiger partial charge in [-0.25, -0.2) is 0 Å². The van der Waals surface area contributed by atoms with E-state index >= 15 is 0 Å². The van der Waals surface area contributed by atoms with Gasteiger partial charge in [0.25, 0.3) is 0 Å². The van der Waals surface area contributed by atoms with E-state index in [0.29, 0.717) is 17.5 Å². The molecule has 0 spiro atoms. The maximum absolute atomic E-state index is 10.8. The van der Waals surface area contributed by atoms with Gasteiger partial charge < -0.3 is 5.11 Å². The van der Waals surface area contributed by atoms with Crippen LogP contribution in [-0.4, -0.2) is 11.4 Å². The second-order valence-electron chi connectivity index (χ2n) is 3.37.